The smallest absolute Gasteiger partial charge is 0.0706 e. The van der Waals surface area contributed by atoms with Crippen LogP contribution in [0.25, 0.3) is 10.9 Å². The number of pyridine rings is 1. The normalized spacial score (nSPS) is 12.5. The van der Waals surface area contributed by atoms with Gasteiger partial charge in [-0.3, -0.25) is 4.98 Å². The first-order chi connectivity index (χ1) is 10.1. The Labute approximate surface area is 125 Å². The average Bonchev–Trinajstić information content (AvgIpc) is 2.50. The molecule has 0 bridgehead atoms. The maximum Gasteiger partial charge on any atom is 0.0706 e. The lowest BCUT2D eigenvalue weighted by molar-refractivity contribution is 0.697. The zero-order valence-electron chi connectivity index (χ0n) is 12.5. The average molecular weight is 276 g/mol. The summed E-state index contributed by atoms with van der Waals surface area (Å²) in [6.45, 7) is 4.25. The molecule has 0 aliphatic rings. The number of hydrogen-bond acceptors (Lipinski definition) is 2. The summed E-state index contributed by atoms with van der Waals surface area (Å²) >= 11 is 0. The Bertz CT molecular complexity index is 777. The SMILES string of the molecule is Cc1ccc(C)c(CC(N)c2ccc3ccccc3n2)c1. The molecule has 0 aliphatic carbocycles. The van der Waals surface area contributed by atoms with Crippen molar-refractivity contribution >= 4 is 10.9 Å². The van der Waals surface area contributed by atoms with Crippen LogP contribution in [0.2, 0.25) is 0 Å². The summed E-state index contributed by atoms with van der Waals surface area (Å²) < 4.78 is 0. The molecular formula is C19H20N2. The minimum absolute atomic E-state index is 0.0740. The van der Waals surface area contributed by atoms with Crippen LogP contribution in [-0.4, -0.2) is 4.98 Å². The molecule has 2 nitrogen and oxygen atoms in total. The molecule has 0 spiro atoms. The molecular weight excluding hydrogens is 256 g/mol. The third kappa shape index (κ3) is 2.96. The Morgan fingerprint density at radius 2 is 1.81 bits per heavy atom. The molecule has 0 saturated carbocycles. The van der Waals surface area contributed by atoms with Crippen molar-refractivity contribution in [1.82, 2.24) is 4.98 Å². The molecule has 106 valence electrons. The van der Waals surface area contributed by atoms with Gasteiger partial charge in [0.1, 0.15) is 0 Å². The topological polar surface area (TPSA) is 38.9 Å². The molecule has 3 rings (SSSR count). The minimum Gasteiger partial charge on any atom is -0.322 e. The fourth-order valence-electron chi connectivity index (χ4n) is 2.65. The molecule has 2 heteroatoms. The molecule has 0 aliphatic heterocycles. The van der Waals surface area contributed by atoms with Gasteiger partial charge in [-0.2, -0.15) is 0 Å². The van der Waals surface area contributed by atoms with E-state index in [0.29, 0.717) is 0 Å². The molecule has 1 aromatic heterocycles. The first kappa shape index (κ1) is 13.8. The largest absolute Gasteiger partial charge is 0.322 e. The van der Waals surface area contributed by atoms with E-state index in [2.05, 4.69) is 44.2 Å². The number of fused-ring (bicyclic) bond motifs is 1. The minimum atomic E-state index is -0.0740. The van der Waals surface area contributed by atoms with Gasteiger partial charge in [0.25, 0.3) is 0 Å². The monoisotopic (exact) mass is 276 g/mol. The molecule has 21 heavy (non-hydrogen) atoms. The van der Waals surface area contributed by atoms with Gasteiger partial charge in [-0.25, -0.2) is 0 Å². The van der Waals surface area contributed by atoms with Crippen LogP contribution >= 0.6 is 0 Å². The van der Waals surface area contributed by atoms with E-state index in [9.17, 15) is 0 Å². The van der Waals surface area contributed by atoms with Crippen molar-refractivity contribution in [3.63, 3.8) is 0 Å². The molecule has 1 heterocycles. The molecule has 2 aromatic carbocycles. The second-order valence-electron chi connectivity index (χ2n) is 5.67. The summed E-state index contributed by atoms with van der Waals surface area (Å²) in [5.41, 5.74) is 12.2. The summed E-state index contributed by atoms with van der Waals surface area (Å²) in [7, 11) is 0. The second-order valence-corrected chi connectivity index (χ2v) is 5.67. The summed E-state index contributed by atoms with van der Waals surface area (Å²) in [5.74, 6) is 0. The number of hydrogen-bond donors (Lipinski definition) is 1. The number of aryl methyl sites for hydroxylation is 2. The van der Waals surface area contributed by atoms with Crippen LogP contribution in [0, 0.1) is 13.8 Å². The van der Waals surface area contributed by atoms with Crippen molar-refractivity contribution in [2.24, 2.45) is 5.73 Å². The van der Waals surface area contributed by atoms with E-state index in [1.165, 1.54) is 16.7 Å². The Balaban J connectivity index is 1.89. The lowest BCUT2D eigenvalue weighted by Gasteiger charge is -2.14. The highest BCUT2D eigenvalue weighted by Crippen LogP contribution is 2.20. The predicted octanol–water partition coefficient (Wildman–Crippen LogP) is 4.09. The molecule has 1 atom stereocenters. The van der Waals surface area contributed by atoms with Crippen LogP contribution in [-0.2, 0) is 6.42 Å². The number of benzene rings is 2. The molecule has 0 saturated heterocycles. The second kappa shape index (κ2) is 5.66. The van der Waals surface area contributed by atoms with E-state index in [1.54, 1.807) is 0 Å². The molecule has 3 aromatic rings. The number of aromatic nitrogens is 1. The maximum absolute atomic E-state index is 6.37. The van der Waals surface area contributed by atoms with Gasteiger partial charge in [-0.05, 0) is 43.5 Å². The highest BCUT2D eigenvalue weighted by Gasteiger charge is 2.11. The van der Waals surface area contributed by atoms with Crippen LogP contribution in [0.5, 0.6) is 0 Å². The van der Waals surface area contributed by atoms with Gasteiger partial charge in [0.15, 0.2) is 0 Å². The fourth-order valence-corrected chi connectivity index (χ4v) is 2.65. The third-order valence-electron chi connectivity index (χ3n) is 3.94. The van der Waals surface area contributed by atoms with Crippen LogP contribution in [0.4, 0.5) is 0 Å². The first-order valence-corrected chi connectivity index (χ1v) is 7.31. The van der Waals surface area contributed by atoms with Gasteiger partial charge in [0.2, 0.25) is 0 Å². The van der Waals surface area contributed by atoms with E-state index >= 15 is 0 Å². The Hall–Kier alpha value is -2.19. The van der Waals surface area contributed by atoms with Crippen LogP contribution in [0.3, 0.4) is 0 Å². The number of para-hydroxylation sites is 1. The zero-order valence-corrected chi connectivity index (χ0v) is 12.5. The Kier molecular flexibility index (Phi) is 3.72. The molecule has 1 unspecified atom stereocenters. The highest BCUT2D eigenvalue weighted by atomic mass is 14.8. The van der Waals surface area contributed by atoms with Gasteiger partial charge >= 0.3 is 0 Å². The van der Waals surface area contributed by atoms with E-state index in [-0.39, 0.29) is 6.04 Å². The molecule has 2 N–H and O–H groups in total. The van der Waals surface area contributed by atoms with Crippen molar-refractivity contribution in [3.8, 4) is 0 Å². The van der Waals surface area contributed by atoms with E-state index in [1.807, 2.05) is 24.3 Å². The van der Waals surface area contributed by atoms with Gasteiger partial charge in [0, 0.05) is 5.39 Å². The molecule has 0 fully saturated rings. The standard InChI is InChI=1S/C19H20N2/c1-13-7-8-14(2)16(11-13)12-17(20)19-10-9-15-5-3-4-6-18(15)21-19/h3-11,17H,12,20H2,1-2H3. The third-order valence-corrected chi connectivity index (χ3v) is 3.94. The van der Waals surface area contributed by atoms with E-state index in [4.69, 9.17) is 10.7 Å². The molecule has 0 amide bonds. The van der Waals surface area contributed by atoms with Crippen LogP contribution in [0.15, 0.2) is 54.6 Å². The summed E-state index contributed by atoms with van der Waals surface area (Å²) in [6.07, 6.45) is 0.818. The van der Waals surface area contributed by atoms with E-state index in [0.717, 1.165) is 23.0 Å². The van der Waals surface area contributed by atoms with Gasteiger partial charge < -0.3 is 5.73 Å². The number of nitrogens with two attached hydrogens (primary N) is 1. The van der Waals surface area contributed by atoms with Crippen LogP contribution in [0.1, 0.15) is 28.4 Å². The Morgan fingerprint density at radius 1 is 1.00 bits per heavy atom. The van der Waals surface area contributed by atoms with Crippen molar-refractivity contribution in [2.45, 2.75) is 26.3 Å². The summed E-state index contributed by atoms with van der Waals surface area (Å²) in [6, 6.07) is 18.7. The number of nitrogens with zero attached hydrogens (tertiary/aromatic N) is 1. The van der Waals surface area contributed by atoms with Crippen LogP contribution < -0.4 is 5.73 Å². The lowest BCUT2D eigenvalue weighted by Crippen LogP contribution is -2.15. The molecule has 0 radical (unpaired) electrons. The highest BCUT2D eigenvalue weighted by molar-refractivity contribution is 5.78. The van der Waals surface area contributed by atoms with Gasteiger partial charge in [0.05, 0.1) is 17.3 Å². The maximum atomic E-state index is 6.37. The van der Waals surface area contributed by atoms with E-state index < -0.39 is 0 Å². The summed E-state index contributed by atoms with van der Waals surface area (Å²) in [4.78, 5) is 4.70. The van der Waals surface area contributed by atoms with Crippen molar-refractivity contribution in [2.75, 3.05) is 0 Å². The van der Waals surface area contributed by atoms with Crippen molar-refractivity contribution in [3.05, 3.63) is 77.0 Å². The fraction of sp³-hybridized carbons (Fsp3) is 0.211. The van der Waals surface area contributed by atoms with Gasteiger partial charge in [-0.1, -0.05) is 48.0 Å². The first-order valence-electron chi connectivity index (χ1n) is 7.31. The lowest BCUT2D eigenvalue weighted by atomic mass is 9.97. The van der Waals surface area contributed by atoms with Crippen molar-refractivity contribution < 1.29 is 0 Å². The number of rotatable bonds is 3. The quantitative estimate of drug-likeness (QED) is 0.782. The zero-order chi connectivity index (χ0) is 14.8. The summed E-state index contributed by atoms with van der Waals surface area (Å²) in [5, 5.41) is 1.15. The van der Waals surface area contributed by atoms with Gasteiger partial charge in [-0.15, -0.1) is 0 Å². The van der Waals surface area contributed by atoms with Crippen molar-refractivity contribution in [1.29, 1.82) is 0 Å². The Morgan fingerprint density at radius 3 is 2.67 bits per heavy atom. The predicted molar refractivity (Wildman–Crippen MR) is 88.3 cm³/mol.